The van der Waals surface area contributed by atoms with E-state index in [0.717, 1.165) is 17.2 Å². The number of aryl methyl sites for hydroxylation is 1. The fourth-order valence-corrected chi connectivity index (χ4v) is 2.89. The van der Waals surface area contributed by atoms with E-state index in [4.69, 9.17) is 5.26 Å². The summed E-state index contributed by atoms with van der Waals surface area (Å²) in [6, 6.07) is 19.6. The van der Waals surface area contributed by atoms with Crippen molar-refractivity contribution in [2.24, 2.45) is 0 Å². The molecule has 0 aliphatic heterocycles. The van der Waals surface area contributed by atoms with Gasteiger partial charge in [-0.05, 0) is 42.2 Å². The smallest absolute Gasteiger partial charge is 0.136 e. The largest absolute Gasteiger partial charge is 0.340 e. The first-order valence-electron chi connectivity index (χ1n) is 8.84. The van der Waals surface area contributed by atoms with Crippen molar-refractivity contribution < 1.29 is 0 Å². The summed E-state index contributed by atoms with van der Waals surface area (Å²) in [7, 11) is 0. The van der Waals surface area contributed by atoms with Gasteiger partial charge in [-0.25, -0.2) is 9.97 Å². The Morgan fingerprint density at radius 2 is 1.59 bits per heavy atom. The van der Waals surface area contributed by atoms with Gasteiger partial charge in [0.1, 0.15) is 17.5 Å². The van der Waals surface area contributed by atoms with Crippen molar-refractivity contribution in [2.75, 3.05) is 10.6 Å². The van der Waals surface area contributed by atoms with E-state index >= 15 is 0 Å². The molecule has 0 aliphatic rings. The summed E-state index contributed by atoms with van der Waals surface area (Å²) < 4.78 is 0. The Hall–Kier alpha value is -3.39. The average Bonchev–Trinajstić information content (AvgIpc) is 2.61. The summed E-state index contributed by atoms with van der Waals surface area (Å²) >= 11 is 0. The molecule has 5 heteroatoms. The van der Waals surface area contributed by atoms with Crippen LogP contribution in [0.3, 0.4) is 0 Å². The topological polar surface area (TPSA) is 73.6 Å². The minimum Gasteiger partial charge on any atom is -0.340 e. The second-order valence-corrected chi connectivity index (χ2v) is 7.42. The molecule has 0 atom stereocenters. The van der Waals surface area contributed by atoms with Crippen molar-refractivity contribution in [2.45, 2.75) is 33.1 Å². The Balaban J connectivity index is 1.90. The molecule has 0 spiro atoms. The van der Waals surface area contributed by atoms with Gasteiger partial charge < -0.3 is 10.6 Å². The SMILES string of the molecule is Cc1nc(Nc2cccc(C#N)c2)cc(Nc2ccccc2C(C)(C)C)n1. The zero-order chi connectivity index (χ0) is 19.4. The van der Waals surface area contributed by atoms with Gasteiger partial charge in [-0.15, -0.1) is 0 Å². The second-order valence-electron chi connectivity index (χ2n) is 7.42. The van der Waals surface area contributed by atoms with Gasteiger partial charge >= 0.3 is 0 Å². The van der Waals surface area contributed by atoms with E-state index < -0.39 is 0 Å². The number of rotatable bonds is 4. The summed E-state index contributed by atoms with van der Waals surface area (Å²) in [6.45, 7) is 8.42. The maximum absolute atomic E-state index is 9.06. The molecule has 136 valence electrons. The van der Waals surface area contributed by atoms with Gasteiger partial charge in [-0.3, -0.25) is 0 Å². The number of anilines is 4. The number of hydrogen-bond acceptors (Lipinski definition) is 5. The van der Waals surface area contributed by atoms with E-state index in [1.807, 2.05) is 37.3 Å². The molecule has 27 heavy (non-hydrogen) atoms. The number of nitrogens with zero attached hydrogens (tertiary/aromatic N) is 3. The van der Waals surface area contributed by atoms with Crippen LogP contribution in [0.25, 0.3) is 0 Å². The number of nitriles is 1. The van der Waals surface area contributed by atoms with E-state index in [2.05, 4.69) is 59.6 Å². The summed E-state index contributed by atoms with van der Waals surface area (Å²) in [5.41, 5.74) is 3.68. The first kappa shape index (κ1) is 18.4. The van der Waals surface area contributed by atoms with Crippen LogP contribution in [0.1, 0.15) is 37.7 Å². The van der Waals surface area contributed by atoms with Gasteiger partial charge in [0.25, 0.3) is 0 Å². The van der Waals surface area contributed by atoms with Crippen molar-refractivity contribution in [1.82, 2.24) is 9.97 Å². The van der Waals surface area contributed by atoms with Crippen molar-refractivity contribution >= 4 is 23.0 Å². The predicted molar refractivity (Wildman–Crippen MR) is 110 cm³/mol. The number of para-hydroxylation sites is 1. The normalized spacial score (nSPS) is 10.9. The van der Waals surface area contributed by atoms with Crippen molar-refractivity contribution in [3.05, 3.63) is 71.5 Å². The Bertz CT molecular complexity index is 996. The molecule has 3 rings (SSSR count). The van der Waals surface area contributed by atoms with Gasteiger partial charge in [0, 0.05) is 17.4 Å². The quantitative estimate of drug-likeness (QED) is 0.650. The van der Waals surface area contributed by atoms with Crippen LogP contribution in [-0.4, -0.2) is 9.97 Å². The van der Waals surface area contributed by atoms with Crippen LogP contribution in [0.2, 0.25) is 0 Å². The van der Waals surface area contributed by atoms with Crippen molar-refractivity contribution in [1.29, 1.82) is 5.26 Å². The molecule has 0 aliphatic carbocycles. The first-order chi connectivity index (χ1) is 12.8. The third-order valence-corrected chi connectivity index (χ3v) is 4.10. The van der Waals surface area contributed by atoms with E-state index in [9.17, 15) is 0 Å². The number of aromatic nitrogens is 2. The van der Waals surface area contributed by atoms with Gasteiger partial charge in [-0.1, -0.05) is 45.0 Å². The van der Waals surface area contributed by atoms with E-state index in [-0.39, 0.29) is 5.41 Å². The number of benzene rings is 2. The van der Waals surface area contributed by atoms with E-state index in [0.29, 0.717) is 17.2 Å². The Labute approximate surface area is 160 Å². The van der Waals surface area contributed by atoms with Crippen LogP contribution in [0.5, 0.6) is 0 Å². The zero-order valence-electron chi connectivity index (χ0n) is 16.0. The molecular formula is C22H23N5. The molecular weight excluding hydrogens is 334 g/mol. The van der Waals surface area contributed by atoms with E-state index in [1.165, 1.54) is 5.56 Å². The van der Waals surface area contributed by atoms with Crippen molar-refractivity contribution in [3.8, 4) is 6.07 Å². The monoisotopic (exact) mass is 357 g/mol. The molecule has 1 aromatic heterocycles. The fourth-order valence-electron chi connectivity index (χ4n) is 2.89. The minimum absolute atomic E-state index is 0.0183. The highest BCUT2D eigenvalue weighted by Crippen LogP contribution is 2.31. The molecule has 0 bridgehead atoms. The third kappa shape index (κ3) is 4.62. The minimum atomic E-state index is 0.0183. The second kappa shape index (κ2) is 7.46. The lowest BCUT2D eigenvalue weighted by atomic mass is 9.86. The average molecular weight is 357 g/mol. The Morgan fingerprint density at radius 1 is 0.889 bits per heavy atom. The Morgan fingerprint density at radius 3 is 2.30 bits per heavy atom. The standard InChI is InChI=1S/C22H23N5/c1-15-24-20(26-17-9-7-8-16(12-17)14-23)13-21(25-15)27-19-11-6-5-10-18(19)22(2,3)4/h5-13H,1-4H3,(H2,24,25,26,27). The van der Waals surface area contributed by atoms with Gasteiger partial charge in [-0.2, -0.15) is 5.26 Å². The lowest BCUT2D eigenvalue weighted by molar-refractivity contribution is 0.592. The Kier molecular flexibility index (Phi) is 5.09. The molecule has 2 N–H and O–H groups in total. The molecule has 0 saturated heterocycles. The lowest BCUT2D eigenvalue weighted by Gasteiger charge is -2.23. The molecule has 0 saturated carbocycles. The van der Waals surface area contributed by atoms with Crippen LogP contribution in [0.15, 0.2) is 54.6 Å². The van der Waals surface area contributed by atoms with Crippen molar-refractivity contribution in [3.63, 3.8) is 0 Å². The van der Waals surface area contributed by atoms with Gasteiger partial charge in [0.2, 0.25) is 0 Å². The molecule has 0 amide bonds. The molecule has 1 heterocycles. The lowest BCUT2D eigenvalue weighted by Crippen LogP contribution is -2.14. The van der Waals surface area contributed by atoms with Crippen LogP contribution in [-0.2, 0) is 5.41 Å². The van der Waals surface area contributed by atoms with Gasteiger partial charge in [0.05, 0.1) is 11.6 Å². The number of nitrogens with one attached hydrogen (secondary N) is 2. The first-order valence-corrected chi connectivity index (χ1v) is 8.84. The summed E-state index contributed by atoms with van der Waals surface area (Å²) in [6.07, 6.45) is 0. The van der Waals surface area contributed by atoms with Crippen LogP contribution in [0, 0.1) is 18.3 Å². The third-order valence-electron chi connectivity index (χ3n) is 4.10. The molecule has 5 nitrogen and oxygen atoms in total. The summed E-state index contributed by atoms with van der Waals surface area (Å²) in [5.74, 6) is 2.05. The highest BCUT2D eigenvalue weighted by atomic mass is 15.1. The highest BCUT2D eigenvalue weighted by molar-refractivity contribution is 5.66. The summed E-state index contributed by atoms with van der Waals surface area (Å²) in [5, 5.41) is 15.7. The maximum atomic E-state index is 9.06. The molecule has 0 fully saturated rings. The van der Waals surface area contributed by atoms with Gasteiger partial charge in [0.15, 0.2) is 0 Å². The summed E-state index contributed by atoms with van der Waals surface area (Å²) in [4.78, 5) is 8.97. The zero-order valence-corrected chi connectivity index (χ0v) is 16.0. The molecule has 3 aromatic rings. The fraction of sp³-hybridized carbons (Fsp3) is 0.227. The predicted octanol–water partition coefficient (Wildman–Crippen LogP) is 5.44. The molecule has 0 radical (unpaired) electrons. The molecule has 2 aromatic carbocycles. The highest BCUT2D eigenvalue weighted by Gasteiger charge is 2.17. The van der Waals surface area contributed by atoms with Crippen LogP contribution in [0.4, 0.5) is 23.0 Å². The van der Waals surface area contributed by atoms with Crippen LogP contribution < -0.4 is 10.6 Å². The van der Waals surface area contributed by atoms with Crippen LogP contribution >= 0.6 is 0 Å². The number of hydrogen-bond donors (Lipinski definition) is 2. The maximum Gasteiger partial charge on any atom is 0.136 e. The molecule has 0 unspecified atom stereocenters. The van der Waals surface area contributed by atoms with E-state index in [1.54, 1.807) is 12.1 Å².